The fraction of sp³-hybridized carbons (Fsp3) is 0.0769. The molecular formula is C26H18N2O5. The Morgan fingerprint density at radius 2 is 1.45 bits per heavy atom. The molecule has 0 atom stereocenters. The molecule has 2 heterocycles. The third kappa shape index (κ3) is 3.40. The van der Waals surface area contributed by atoms with Gasteiger partial charge in [0.2, 0.25) is 5.78 Å². The van der Waals surface area contributed by atoms with Crippen molar-refractivity contribution in [3.8, 4) is 0 Å². The summed E-state index contributed by atoms with van der Waals surface area (Å²) in [6.07, 6.45) is 0. The summed E-state index contributed by atoms with van der Waals surface area (Å²) >= 11 is 0. The standard InChI is InChI=1S/C26H18N2O5/c1-15-23(20-8-4-5-9-21(20)27-15)22(29)14-33-26(32)16-10-12-17(13-11-16)28-24(30)18-6-2-3-7-19(18)25(28)31/h2-13,27H,14H2,1H3. The number of imide groups is 1. The Labute approximate surface area is 188 Å². The number of ether oxygens (including phenoxy) is 1. The number of nitrogens with zero attached hydrogens (tertiary/aromatic N) is 1. The smallest absolute Gasteiger partial charge is 0.338 e. The highest BCUT2D eigenvalue weighted by atomic mass is 16.5. The molecule has 33 heavy (non-hydrogen) atoms. The van der Waals surface area contributed by atoms with Crippen molar-refractivity contribution in [1.29, 1.82) is 0 Å². The lowest BCUT2D eigenvalue weighted by atomic mass is 10.1. The maximum atomic E-state index is 12.7. The molecule has 0 unspecified atom stereocenters. The van der Waals surface area contributed by atoms with Crippen molar-refractivity contribution in [1.82, 2.24) is 4.98 Å². The minimum Gasteiger partial charge on any atom is -0.454 e. The number of esters is 1. The van der Waals surface area contributed by atoms with Gasteiger partial charge >= 0.3 is 5.97 Å². The van der Waals surface area contributed by atoms with Crippen LogP contribution in [0.2, 0.25) is 0 Å². The van der Waals surface area contributed by atoms with Gasteiger partial charge in [-0.1, -0.05) is 30.3 Å². The highest BCUT2D eigenvalue weighted by molar-refractivity contribution is 6.34. The van der Waals surface area contributed by atoms with E-state index in [2.05, 4.69) is 4.98 Å². The Kier molecular flexibility index (Phi) is 4.86. The van der Waals surface area contributed by atoms with E-state index in [0.29, 0.717) is 28.1 Å². The molecule has 1 aliphatic rings. The summed E-state index contributed by atoms with van der Waals surface area (Å²) in [5.74, 6) is -1.80. The summed E-state index contributed by atoms with van der Waals surface area (Å²) < 4.78 is 5.23. The zero-order valence-electron chi connectivity index (χ0n) is 17.6. The van der Waals surface area contributed by atoms with Gasteiger partial charge in [-0.2, -0.15) is 0 Å². The van der Waals surface area contributed by atoms with Gasteiger partial charge in [0.25, 0.3) is 11.8 Å². The second-order valence-electron chi connectivity index (χ2n) is 7.71. The molecule has 7 nitrogen and oxygen atoms in total. The molecule has 0 saturated carbocycles. The fourth-order valence-corrected chi connectivity index (χ4v) is 4.09. The van der Waals surface area contributed by atoms with Gasteiger partial charge in [-0.25, -0.2) is 9.69 Å². The number of amides is 2. The van der Waals surface area contributed by atoms with E-state index in [4.69, 9.17) is 4.74 Å². The maximum Gasteiger partial charge on any atom is 0.338 e. The van der Waals surface area contributed by atoms with Gasteiger partial charge in [0.1, 0.15) is 0 Å². The number of carbonyl (C=O) groups is 4. The second kappa shape index (κ2) is 7.87. The number of H-pyrrole nitrogens is 1. The van der Waals surface area contributed by atoms with Crippen LogP contribution in [0.15, 0.2) is 72.8 Å². The number of ketones is 1. The highest BCUT2D eigenvalue weighted by Gasteiger charge is 2.36. The SMILES string of the molecule is Cc1[nH]c2ccccc2c1C(=O)COC(=O)c1ccc(N2C(=O)c3ccccc3C2=O)cc1. The van der Waals surface area contributed by atoms with Crippen molar-refractivity contribution in [2.75, 3.05) is 11.5 Å². The number of benzene rings is 3. The van der Waals surface area contributed by atoms with Gasteiger partial charge in [-0.05, 0) is 49.4 Å². The first-order valence-corrected chi connectivity index (χ1v) is 10.3. The third-order valence-corrected chi connectivity index (χ3v) is 5.66. The number of anilines is 1. The number of hydrogen-bond acceptors (Lipinski definition) is 5. The number of fused-ring (bicyclic) bond motifs is 2. The predicted molar refractivity (Wildman–Crippen MR) is 122 cm³/mol. The lowest BCUT2D eigenvalue weighted by Crippen LogP contribution is -2.29. The van der Waals surface area contributed by atoms with Gasteiger partial charge in [0, 0.05) is 22.2 Å². The van der Waals surface area contributed by atoms with E-state index in [9.17, 15) is 19.2 Å². The maximum absolute atomic E-state index is 12.7. The fourth-order valence-electron chi connectivity index (χ4n) is 4.09. The minimum atomic E-state index is -0.672. The number of aromatic amines is 1. The van der Waals surface area contributed by atoms with Crippen molar-refractivity contribution in [2.45, 2.75) is 6.92 Å². The molecule has 1 aromatic heterocycles. The number of hydrogen-bond donors (Lipinski definition) is 1. The van der Waals surface area contributed by atoms with Crippen LogP contribution in [0.1, 0.15) is 47.1 Å². The van der Waals surface area contributed by atoms with Crippen molar-refractivity contribution in [3.05, 3.63) is 101 Å². The molecule has 0 bridgehead atoms. The van der Waals surface area contributed by atoms with Gasteiger partial charge in [-0.15, -0.1) is 0 Å². The predicted octanol–water partition coefficient (Wildman–Crippen LogP) is 4.32. The Morgan fingerprint density at radius 3 is 2.12 bits per heavy atom. The van der Waals surface area contributed by atoms with Crippen molar-refractivity contribution in [3.63, 3.8) is 0 Å². The zero-order valence-corrected chi connectivity index (χ0v) is 17.6. The van der Waals surface area contributed by atoms with Crippen molar-refractivity contribution >= 4 is 40.2 Å². The van der Waals surface area contributed by atoms with Crippen LogP contribution in [0.3, 0.4) is 0 Å². The van der Waals surface area contributed by atoms with E-state index >= 15 is 0 Å². The topological polar surface area (TPSA) is 96.5 Å². The number of carbonyl (C=O) groups excluding carboxylic acids is 4. The monoisotopic (exact) mass is 438 g/mol. The molecule has 3 aromatic carbocycles. The lowest BCUT2D eigenvalue weighted by molar-refractivity contribution is 0.0475. The van der Waals surface area contributed by atoms with Gasteiger partial charge in [0.15, 0.2) is 6.61 Å². The van der Waals surface area contributed by atoms with Crippen molar-refractivity contribution in [2.24, 2.45) is 0 Å². The molecule has 1 aliphatic heterocycles. The van der Waals surface area contributed by atoms with Gasteiger partial charge in [0.05, 0.1) is 22.4 Å². The third-order valence-electron chi connectivity index (χ3n) is 5.66. The van der Waals surface area contributed by atoms with Crippen LogP contribution in [0.25, 0.3) is 10.9 Å². The molecule has 0 radical (unpaired) electrons. The Morgan fingerprint density at radius 1 is 0.848 bits per heavy atom. The van der Waals surface area contributed by atoms with Crippen LogP contribution in [0.5, 0.6) is 0 Å². The normalized spacial score (nSPS) is 12.8. The molecular weight excluding hydrogens is 420 g/mol. The summed E-state index contributed by atoms with van der Waals surface area (Å²) in [5.41, 5.74) is 3.30. The molecule has 0 fully saturated rings. The van der Waals surface area contributed by atoms with E-state index in [-0.39, 0.29) is 11.3 Å². The van der Waals surface area contributed by atoms with Crippen molar-refractivity contribution < 1.29 is 23.9 Å². The van der Waals surface area contributed by atoms with E-state index in [1.165, 1.54) is 24.3 Å². The molecule has 2 amide bonds. The van der Waals surface area contributed by atoms with E-state index in [0.717, 1.165) is 15.8 Å². The quantitative estimate of drug-likeness (QED) is 0.284. The average molecular weight is 438 g/mol. The van der Waals surface area contributed by atoms with Crippen LogP contribution in [-0.4, -0.2) is 35.2 Å². The van der Waals surface area contributed by atoms with Gasteiger partial charge in [-0.3, -0.25) is 14.4 Å². The molecule has 162 valence electrons. The summed E-state index contributed by atoms with van der Waals surface area (Å²) in [6.45, 7) is 1.40. The number of nitrogens with one attached hydrogen (secondary N) is 1. The largest absolute Gasteiger partial charge is 0.454 e. The number of para-hydroxylation sites is 1. The molecule has 0 aliphatic carbocycles. The summed E-state index contributed by atoms with van der Waals surface area (Å²) in [5, 5.41) is 0.779. The lowest BCUT2D eigenvalue weighted by Gasteiger charge is -2.14. The number of Topliss-reactive ketones (excluding diaryl/α,β-unsaturated/α-hetero) is 1. The van der Waals surface area contributed by atoms with E-state index in [1.54, 1.807) is 31.2 Å². The summed E-state index contributed by atoms with van der Waals surface area (Å²) in [7, 11) is 0. The molecule has 1 N–H and O–H groups in total. The Hall–Kier alpha value is -4.52. The first-order valence-electron chi connectivity index (χ1n) is 10.3. The average Bonchev–Trinajstić information content (AvgIpc) is 3.30. The number of rotatable bonds is 5. The van der Waals surface area contributed by atoms with E-state index < -0.39 is 24.4 Å². The molecule has 7 heteroatoms. The molecule has 0 spiro atoms. The first-order chi connectivity index (χ1) is 16.0. The molecule has 0 saturated heterocycles. The number of aromatic nitrogens is 1. The van der Waals surface area contributed by atoms with Crippen LogP contribution in [0.4, 0.5) is 5.69 Å². The highest BCUT2D eigenvalue weighted by Crippen LogP contribution is 2.28. The van der Waals surface area contributed by atoms with Crippen LogP contribution >= 0.6 is 0 Å². The second-order valence-corrected chi connectivity index (χ2v) is 7.71. The van der Waals surface area contributed by atoms with Crippen LogP contribution < -0.4 is 4.90 Å². The van der Waals surface area contributed by atoms with Crippen LogP contribution in [-0.2, 0) is 4.74 Å². The Bertz CT molecular complexity index is 1410. The molecule has 5 rings (SSSR count). The first kappa shape index (κ1) is 20.4. The molecule has 4 aromatic rings. The number of aryl methyl sites for hydroxylation is 1. The van der Waals surface area contributed by atoms with Crippen LogP contribution in [0, 0.1) is 6.92 Å². The summed E-state index contributed by atoms with van der Waals surface area (Å²) in [4.78, 5) is 54.6. The summed E-state index contributed by atoms with van der Waals surface area (Å²) in [6, 6.07) is 20.0. The zero-order chi connectivity index (χ0) is 23.1. The Balaban J connectivity index is 1.29. The van der Waals surface area contributed by atoms with Gasteiger partial charge < -0.3 is 9.72 Å². The minimum absolute atomic E-state index is 0.207. The van der Waals surface area contributed by atoms with E-state index in [1.807, 2.05) is 24.3 Å².